The van der Waals surface area contributed by atoms with Gasteiger partial charge in [0.25, 0.3) is 0 Å². The highest BCUT2D eigenvalue weighted by atomic mass is 32.1. The Bertz CT molecular complexity index is 1180. The highest BCUT2D eigenvalue weighted by molar-refractivity contribution is 7.11. The lowest BCUT2D eigenvalue weighted by Gasteiger charge is -2.30. The number of carbonyl (C=O) groups excluding carboxylic acids is 1. The molecule has 0 bridgehead atoms. The van der Waals surface area contributed by atoms with Crippen molar-refractivity contribution < 1.29 is 18.7 Å². The highest BCUT2D eigenvalue weighted by Gasteiger charge is 2.56. The maximum atomic E-state index is 15.2. The molecule has 3 fully saturated rings. The van der Waals surface area contributed by atoms with Crippen molar-refractivity contribution in [1.82, 2.24) is 9.88 Å². The molecule has 6 rings (SSSR count). The van der Waals surface area contributed by atoms with Gasteiger partial charge in [-0.2, -0.15) is 0 Å². The zero-order chi connectivity index (χ0) is 24.5. The number of likely N-dealkylation sites (tertiary alicyclic amines) is 1. The molecule has 0 N–H and O–H groups in total. The van der Waals surface area contributed by atoms with E-state index in [-0.39, 0.29) is 5.82 Å². The number of amides is 1. The molecule has 2 unspecified atom stereocenters. The normalized spacial score (nSPS) is 23.4. The number of thiophene rings is 1. The van der Waals surface area contributed by atoms with Gasteiger partial charge in [0.05, 0.1) is 30.3 Å². The molecule has 2 aliphatic heterocycles. The predicted molar refractivity (Wildman–Crippen MR) is 137 cm³/mol. The van der Waals surface area contributed by atoms with Gasteiger partial charge >= 0.3 is 6.09 Å². The number of pyridine rings is 1. The van der Waals surface area contributed by atoms with Crippen LogP contribution >= 0.6 is 11.3 Å². The van der Waals surface area contributed by atoms with Gasteiger partial charge in [-0.05, 0) is 65.6 Å². The Balaban J connectivity index is 1.15. The Morgan fingerprint density at radius 1 is 1.14 bits per heavy atom. The summed E-state index contributed by atoms with van der Waals surface area (Å²) in [5.74, 6) is 1.11. The van der Waals surface area contributed by atoms with Crippen LogP contribution in [0.15, 0.2) is 60.1 Å². The molecule has 4 heterocycles. The lowest BCUT2D eigenvalue weighted by molar-refractivity contribution is 0.122. The number of aromatic nitrogens is 1. The van der Waals surface area contributed by atoms with Gasteiger partial charge in [-0.25, -0.2) is 9.18 Å². The van der Waals surface area contributed by atoms with E-state index in [9.17, 15) is 4.79 Å². The van der Waals surface area contributed by atoms with Gasteiger partial charge in [-0.3, -0.25) is 14.8 Å². The molecule has 1 aromatic carbocycles. The van der Waals surface area contributed by atoms with E-state index in [1.807, 2.05) is 40.7 Å². The largest absolute Gasteiger partial charge is 0.420 e. The number of hydrogen-bond acceptors (Lipinski definition) is 7. The van der Waals surface area contributed by atoms with Crippen molar-refractivity contribution in [2.45, 2.75) is 6.54 Å². The van der Waals surface area contributed by atoms with Gasteiger partial charge in [0, 0.05) is 45.5 Å². The van der Waals surface area contributed by atoms with Crippen molar-refractivity contribution in [1.29, 1.82) is 0 Å². The third-order valence-corrected chi connectivity index (χ3v) is 8.20. The number of hydrogen-bond donors (Lipinski definition) is 0. The Kier molecular flexibility index (Phi) is 6.60. The smallest absolute Gasteiger partial charge is 0.399 e. The summed E-state index contributed by atoms with van der Waals surface area (Å²) in [6.07, 6.45) is 1.36. The van der Waals surface area contributed by atoms with E-state index in [0.717, 1.165) is 25.3 Å². The zero-order valence-electron chi connectivity index (χ0n) is 20.0. The first kappa shape index (κ1) is 23.4. The Hall–Kier alpha value is -3.01. The first-order valence-electron chi connectivity index (χ1n) is 12.4. The number of halogens is 1. The first-order chi connectivity index (χ1) is 17.7. The van der Waals surface area contributed by atoms with Crippen molar-refractivity contribution in [3.63, 3.8) is 0 Å². The van der Waals surface area contributed by atoms with Gasteiger partial charge in [0.2, 0.25) is 0 Å². The molecular formula is C27H29FN4O3S. The summed E-state index contributed by atoms with van der Waals surface area (Å²) < 4.78 is 26.2. The van der Waals surface area contributed by atoms with Crippen LogP contribution in [-0.2, 0) is 11.3 Å². The van der Waals surface area contributed by atoms with Gasteiger partial charge < -0.3 is 14.4 Å². The molecule has 1 aliphatic carbocycles. The van der Waals surface area contributed by atoms with Crippen molar-refractivity contribution in [3.8, 4) is 5.06 Å². The fourth-order valence-electron chi connectivity index (χ4n) is 5.54. The van der Waals surface area contributed by atoms with E-state index < -0.39 is 6.09 Å². The van der Waals surface area contributed by atoms with E-state index in [1.165, 1.54) is 17.4 Å². The minimum Gasteiger partial charge on any atom is -0.399 e. The zero-order valence-corrected chi connectivity index (χ0v) is 20.8. The number of rotatable bonds is 7. The minimum atomic E-state index is -0.466. The van der Waals surface area contributed by atoms with Gasteiger partial charge in [-0.15, -0.1) is 11.3 Å². The van der Waals surface area contributed by atoms with E-state index in [4.69, 9.17) is 9.47 Å². The number of morpholine rings is 1. The van der Waals surface area contributed by atoms with Crippen LogP contribution < -0.4 is 14.5 Å². The summed E-state index contributed by atoms with van der Waals surface area (Å²) in [7, 11) is 0. The molecule has 2 saturated heterocycles. The van der Waals surface area contributed by atoms with Crippen molar-refractivity contribution in [2.24, 2.45) is 17.8 Å². The van der Waals surface area contributed by atoms with Crippen LogP contribution in [0.1, 0.15) is 5.69 Å². The first-order valence-corrected chi connectivity index (χ1v) is 13.3. The fraction of sp³-hybridized carbons (Fsp3) is 0.407. The molecule has 2 atom stereocenters. The molecule has 9 heteroatoms. The van der Waals surface area contributed by atoms with E-state index >= 15 is 4.39 Å². The maximum Gasteiger partial charge on any atom is 0.420 e. The summed E-state index contributed by atoms with van der Waals surface area (Å²) in [5.41, 5.74) is 2.15. The molecule has 2 aromatic heterocycles. The number of fused-ring (bicyclic) bond motifs is 1. The average molecular weight is 509 g/mol. The fourth-order valence-corrected chi connectivity index (χ4v) is 6.11. The van der Waals surface area contributed by atoms with Gasteiger partial charge in [0.15, 0.2) is 5.06 Å². The Labute approximate surface area is 214 Å². The van der Waals surface area contributed by atoms with Crippen LogP contribution in [0.5, 0.6) is 5.06 Å². The quantitative estimate of drug-likeness (QED) is 0.468. The SMILES string of the molecule is O=C(Oc1cccs1)N(CC1C2CN(Cc3ccccn3)CC21)c1ccc(N2CCOCC2)c(F)c1. The molecule has 3 aromatic rings. The molecule has 188 valence electrons. The summed E-state index contributed by atoms with van der Waals surface area (Å²) in [4.78, 5) is 23.7. The van der Waals surface area contributed by atoms with Crippen LogP contribution in [0.25, 0.3) is 0 Å². The summed E-state index contributed by atoms with van der Waals surface area (Å²) in [6.45, 7) is 5.83. The topological polar surface area (TPSA) is 58.1 Å². The van der Waals surface area contributed by atoms with Crippen LogP contribution in [0.3, 0.4) is 0 Å². The monoisotopic (exact) mass is 508 g/mol. The van der Waals surface area contributed by atoms with Crippen molar-refractivity contribution >= 4 is 28.8 Å². The number of piperidine rings is 1. The number of nitrogens with zero attached hydrogens (tertiary/aromatic N) is 4. The molecular weight excluding hydrogens is 479 g/mol. The van der Waals surface area contributed by atoms with E-state index in [2.05, 4.69) is 16.0 Å². The third kappa shape index (κ3) is 4.96. The van der Waals surface area contributed by atoms with Crippen molar-refractivity contribution in [3.05, 3.63) is 71.6 Å². The second-order valence-electron chi connectivity index (χ2n) is 9.65. The summed E-state index contributed by atoms with van der Waals surface area (Å²) in [5, 5.41) is 2.40. The van der Waals surface area contributed by atoms with E-state index in [1.54, 1.807) is 17.0 Å². The highest BCUT2D eigenvalue weighted by Crippen LogP contribution is 2.52. The van der Waals surface area contributed by atoms with Crippen LogP contribution in [-0.4, -0.2) is 61.9 Å². The molecule has 3 aliphatic rings. The maximum absolute atomic E-state index is 15.2. The molecule has 0 spiro atoms. The van der Waals surface area contributed by atoms with Gasteiger partial charge in [-0.1, -0.05) is 6.07 Å². The Morgan fingerprint density at radius 3 is 2.67 bits per heavy atom. The standard InChI is InChI=1S/C27H29FN4O3S/c28-24-14-20(6-7-25(24)31-9-11-34-12-10-31)32(27(33)35-26-5-3-13-36-26)18-23-21-16-30(17-22(21)23)15-19-4-1-2-8-29-19/h1-8,13-14,21-23H,9-12,15-18H2. The minimum absolute atomic E-state index is 0.333. The molecule has 0 radical (unpaired) electrons. The lowest BCUT2D eigenvalue weighted by Crippen LogP contribution is -2.38. The van der Waals surface area contributed by atoms with Crippen molar-refractivity contribution in [2.75, 3.05) is 55.7 Å². The average Bonchev–Trinajstić information content (AvgIpc) is 3.24. The Morgan fingerprint density at radius 2 is 1.97 bits per heavy atom. The lowest BCUT2D eigenvalue weighted by atomic mass is 10.2. The molecule has 7 nitrogen and oxygen atoms in total. The molecule has 36 heavy (non-hydrogen) atoms. The predicted octanol–water partition coefficient (Wildman–Crippen LogP) is 4.50. The van der Waals surface area contributed by atoms with Crippen LogP contribution in [0.2, 0.25) is 0 Å². The number of carbonyl (C=O) groups is 1. The second-order valence-corrected chi connectivity index (χ2v) is 10.6. The van der Waals surface area contributed by atoms with Gasteiger partial charge in [0.1, 0.15) is 5.82 Å². The molecule has 1 saturated carbocycles. The number of anilines is 2. The van der Waals surface area contributed by atoms with Crippen LogP contribution in [0, 0.1) is 23.6 Å². The number of ether oxygens (including phenoxy) is 2. The summed E-state index contributed by atoms with van der Waals surface area (Å²) >= 11 is 1.37. The third-order valence-electron chi connectivity index (χ3n) is 7.45. The second kappa shape index (κ2) is 10.2. The van der Waals surface area contributed by atoms with E-state index in [0.29, 0.717) is 67.0 Å². The number of benzene rings is 1. The van der Waals surface area contributed by atoms with Crippen LogP contribution in [0.4, 0.5) is 20.6 Å². The molecule has 1 amide bonds. The summed E-state index contributed by atoms with van der Waals surface area (Å²) in [6, 6.07) is 14.7.